The summed E-state index contributed by atoms with van der Waals surface area (Å²) in [4.78, 5) is 23.4. The Morgan fingerprint density at radius 1 is 1.07 bits per heavy atom. The van der Waals surface area contributed by atoms with Gasteiger partial charge in [-0.2, -0.15) is 0 Å². The largest absolute Gasteiger partial charge is 0.481 e. The SMILES string of the molecule is C=C(C)/C(CC(=O)O)=C(/C)N(N)Cc1ccc(NC(=O)c2ccc(C)cc2)cc1. The van der Waals surface area contributed by atoms with Crippen molar-refractivity contribution in [2.24, 2.45) is 5.84 Å². The van der Waals surface area contributed by atoms with Crippen molar-refractivity contribution >= 4 is 17.6 Å². The van der Waals surface area contributed by atoms with E-state index in [2.05, 4.69) is 11.9 Å². The number of aryl methyl sites for hydroxylation is 1. The lowest BCUT2D eigenvalue weighted by molar-refractivity contribution is -0.136. The first-order valence-corrected chi connectivity index (χ1v) is 9.24. The van der Waals surface area contributed by atoms with Gasteiger partial charge in [0.1, 0.15) is 0 Å². The molecule has 0 fully saturated rings. The number of benzene rings is 2. The number of rotatable bonds is 8. The van der Waals surface area contributed by atoms with Crippen molar-refractivity contribution in [2.75, 3.05) is 5.32 Å². The molecular formula is C23H27N3O3. The molecule has 0 saturated heterocycles. The molecule has 0 aromatic heterocycles. The Balaban J connectivity index is 2.06. The second-order valence-electron chi connectivity index (χ2n) is 7.06. The van der Waals surface area contributed by atoms with Gasteiger partial charge in [0.05, 0.1) is 13.0 Å². The summed E-state index contributed by atoms with van der Waals surface area (Å²) in [6.07, 6.45) is -0.126. The van der Waals surface area contributed by atoms with Gasteiger partial charge in [-0.1, -0.05) is 42.0 Å². The minimum absolute atomic E-state index is 0.126. The third-order valence-corrected chi connectivity index (χ3v) is 4.59. The molecular weight excluding hydrogens is 366 g/mol. The van der Waals surface area contributed by atoms with Gasteiger partial charge in [-0.3, -0.25) is 9.59 Å². The van der Waals surface area contributed by atoms with Gasteiger partial charge in [0.2, 0.25) is 0 Å². The monoisotopic (exact) mass is 393 g/mol. The maximum absolute atomic E-state index is 12.3. The predicted octanol–water partition coefficient (Wildman–Crippen LogP) is 4.25. The lowest BCUT2D eigenvalue weighted by Crippen LogP contribution is -2.30. The van der Waals surface area contributed by atoms with Crippen LogP contribution in [0.15, 0.2) is 72.0 Å². The molecule has 6 heteroatoms. The summed E-state index contributed by atoms with van der Waals surface area (Å²) in [5.41, 5.74) is 5.26. The first-order chi connectivity index (χ1) is 13.7. The average Bonchev–Trinajstić information content (AvgIpc) is 2.67. The van der Waals surface area contributed by atoms with Crippen molar-refractivity contribution in [1.82, 2.24) is 5.01 Å². The third-order valence-electron chi connectivity index (χ3n) is 4.59. The van der Waals surface area contributed by atoms with Crippen LogP contribution in [0.2, 0.25) is 0 Å². The van der Waals surface area contributed by atoms with Crippen molar-refractivity contribution < 1.29 is 14.7 Å². The van der Waals surface area contributed by atoms with Gasteiger partial charge >= 0.3 is 5.97 Å². The summed E-state index contributed by atoms with van der Waals surface area (Å²) in [7, 11) is 0. The molecule has 0 aliphatic rings. The molecule has 2 aromatic rings. The van der Waals surface area contributed by atoms with Crippen molar-refractivity contribution in [3.8, 4) is 0 Å². The maximum Gasteiger partial charge on any atom is 0.307 e. The van der Waals surface area contributed by atoms with Crippen LogP contribution in [0.25, 0.3) is 0 Å². The first-order valence-electron chi connectivity index (χ1n) is 9.24. The van der Waals surface area contributed by atoms with Crippen LogP contribution in [0, 0.1) is 6.92 Å². The van der Waals surface area contributed by atoms with Crippen LogP contribution >= 0.6 is 0 Å². The molecule has 0 unspecified atom stereocenters. The topological polar surface area (TPSA) is 95.7 Å². The molecule has 0 atom stereocenters. The van der Waals surface area contributed by atoms with E-state index in [0.29, 0.717) is 34.6 Å². The summed E-state index contributed by atoms with van der Waals surface area (Å²) in [5.74, 6) is 5.05. The number of hydrazine groups is 1. The lowest BCUT2D eigenvalue weighted by atomic mass is 10.0. The minimum Gasteiger partial charge on any atom is -0.481 e. The molecule has 0 saturated carbocycles. The molecule has 0 spiro atoms. The number of anilines is 1. The molecule has 0 radical (unpaired) electrons. The van der Waals surface area contributed by atoms with E-state index in [4.69, 9.17) is 10.9 Å². The zero-order chi connectivity index (χ0) is 21.6. The minimum atomic E-state index is -0.926. The van der Waals surface area contributed by atoms with Crippen molar-refractivity contribution in [3.05, 3.63) is 88.6 Å². The number of carbonyl (C=O) groups is 2. The number of carbonyl (C=O) groups excluding carboxylic acids is 1. The highest BCUT2D eigenvalue weighted by Gasteiger charge is 2.13. The van der Waals surface area contributed by atoms with E-state index in [-0.39, 0.29) is 12.3 Å². The average molecular weight is 393 g/mol. The second kappa shape index (κ2) is 9.71. The third kappa shape index (κ3) is 6.33. The van der Waals surface area contributed by atoms with Gasteiger partial charge in [0.15, 0.2) is 0 Å². The fourth-order valence-electron chi connectivity index (χ4n) is 2.83. The Morgan fingerprint density at radius 3 is 2.17 bits per heavy atom. The predicted molar refractivity (Wildman–Crippen MR) is 115 cm³/mol. The number of hydrogen-bond donors (Lipinski definition) is 3. The molecule has 152 valence electrons. The van der Waals surface area contributed by atoms with Crippen LogP contribution < -0.4 is 11.2 Å². The summed E-state index contributed by atoms with van der Waals surface area (Å²) < 4.78 is 0. The number of carboxylic acids is 1. The van der Waals surface area contributed by atoms with Gasteiger partial charge < -0.3 is 15.4 Å². The molecule has 29 heavy (non-hydrogen) atoms. The van der Waals surface area contributed by atoms with Crippen LogP contribution in [-0.4, -0.2) is 22.0 Å². The number of nitrogens with one attached hydrogen (secondary N) is 1. The first kappa shape index (κ1) is 21.9. The highest BCUT2D eigenvalue weighted by Crippen LogP contribution is 2.20. The molecule has 2 aromatic carbocycles. The molecule has 4 N–H and O–H groups in total. The lowest BCUT2D eigenvalue weighted by Gasteiger charge is -2.23. The Labute approximate surface area is 171 Å². The van der Waals surface area contributed by atoms with Crippen molar-refractivity contribution in [3.63, 3.8) is 0 Å². The smallest absolute Gasteiger partial charge is 0.307 e. The van der Waals surface area contributed by atoms with Crippen LogP contribution in [-0.2, 0) is 11.3 Å². The number of allylic oxidation sites excluding steroid dienone is 2. The molecule has 0 aliphatic heterocycles. The van der Waals surface area contributed by atoms with Crippen LogP contribution in [0.5, 0.6) is 0 Å². The zero-order valence-corrected chi connectivity index (χ0v) is 17.0. The molecule has 6 nitrogen and oxygen atoms in total. The van der Waals surface area contributed by atoms with Crippen LogP contribution in [0.1, 0.15) is 41.8 Å². The van der Waals surface area contributed by atoms with Gasteiger partial charge in [0.25, 0.3) is 5.91 Å². The van der Waals surface area contributed by atoms with Gasteiger partial charge in [-0.05, 0) is 56.2 Å². The fraction of sp³-hybridized carbons (Fsp3) is 0.217. The van der Waals surface area contributed by atoms with Crippen LogP contribution in [0.3, 0.4) is 0 Å². The van der Waals surface area contributed by atoms with Crippen molar-refractivity contribution in [1.29, 1.82) is 0 Å². The van der Waals surface area contributed by atoms with Crippen molar-refractivity contribution in [2.45, 2.75) is 33.7 Å². The summed E-state index contributed by atoms with van der Waals surface area (Å²) in [6.45, 7) is 9.76. The Kier molecular flexibility index (Phi) is 7.33. The highest BCUT2D eigenvalue weighted by molar-refractivity contribution is 6.04. The standard InChI is InChI=1S/C23H27N3O3/c1-15(2)21(13-22(27)28)17(4)26(24)14-18-7-11-20(12-8-18)25-23(29)19-9-5-16(3)6-10-19/h5-12H,1,13-14,24H2,2-4H3,(H,25,29)(H,27,28)/b21-17-. The van der Waals surface area contributed by atoms with E-state index in [1.807, 2.05) is 43.3 Å². The Hall–Kier alpha value is -3.38. The fourth-order valence-corrected chi connectivity index (χ4v) is 2.83. The number of nitrogens with zero attached hydrogens (tertiary/aromatic N) is 1. The van der Waals surface area contributed by atoms with Crippen LogP contribution in [0.4, 0.5) is 5.69 Å². The number of carboxylic acid groups (broad SMARTS) is 1. The Bertz CT molecular complexity index is 929. The van der Waals surface area contributed by atoms with Gasteiger partial charge in [0, 0.05) is 16.9 Å². The van der Waals surface area contributed by atoms with E-state index in [1.165, 1.54) is 5.01 Å². The van der Waals surface area contributed by atoms with E-state index < -0.39 is 5.97 Å². The molecule has 0 aliphatic carbocycles. The van der Waals surface area contributed by atoms with Gasteiger partial charge in [-0.25, -0.2) is 5.84 Å². The zero-order valence-electron chi connectivity index (χ0n) is 17.0. The number of aliphatic carboxylic acids is 1. The van der Waals surface area contributed by atoms with E-state index in [0.717, 1.165) is 11.1 Å². The normalized spacial score (nSPS) is 11.4. The molecule has 0 bridgehead atoms. The van der Waals surface area contributed by atoms with E-state index in [9.17, 15) is 9.59 Å². The van der Waals surface area contributed by atoms with E-state index in [1.54, 1.807) is 26.0 Å². The Morgan fingerprint density at radius 2 is 1.66 bits per heavy atom. The van der Waals surface area contributed by atoms with E-state index >= 15 is 0 Å². The summed E-state index contributed by atoms with van der Waals surface area (Å²) >= 11 is 0. The van der Waals surface area contributed by atoms with Gasteiger partial charge in [-0.15, -0.1) is 0 Å². The maximum atomic E-state index is 12.3. The number of hydrogen-bond acceptors (Lipinski definition) is 4. The summed E-state index contributed by atoms with van der Waals surface area (Å²) in [5, 5.41) is 13.5. The summed E-state index contributed by atoms with van der Waals surface area (Å²) in [6, 6.07) is 14.7. The highest BCUT2D eigenvalue weighted by atomic mass is 16.4. The molecule has 2 rings (SSSR count). The number of nitrogens with two attached hydrogens (primary N) is 1. The number of amides is 1. The molecule has 0 heterocycles. The molecule has 1 amide bonds. The second-order valence-corrected chi connectivity index (χ2v) is 7.06. The quantitative estimate of drug-likeness (QED) is 0.354.